The number of pyridine rings is 1. The van der Waals surface area contributed by atoms with Crippen molar-refractivity contribution in [2.75, 3.05) is 7.11 Å². The molecule has 140 valence electrons. The molecular weight excluding hydrogens is 374 g/mol. The Hall–Kier alpha value is -3.37. The molecule has 0 amide bonds. The van der Waals surface area contributed by atoms with Crippen molar-refractivity contribution in [3.05, 3.63) is 94.8 Å². The Morgan fingerprint density at radius 3 is 2.43 bits per heavy atom. The lowest BCUT2D eigenvalue weighted by Gasteiger charge is -2.08. The van der Waals surface area contributed by atoms with Gasteiger partial charge in [0.25, 0.3) is 0 Å². The fourth-order valence-corrected chi connectivity index (χ4v) is 2.53. The first-order valence-electron chi connectivity index (χ1n) is 8.56. The third-order valence-electron chi connectivity index (χ3n) is 3.81. The number of halogens is 1. The van der Waals surface area contributed by atoms with Crippen molar-refractivity contribution in [1.29, 1.82) is 0 Å². The quantitative estimate of drug-likeness (QED) is 0.315. The number of aromatic nitrogens is 1. The maximum Gasteiger partial charge on any atom is 0.336 e. The van der Waals surface area contributed by atoms with Crippen LogP contribution in [0.25, 0.3) is 18.2 Å². The molecule has 1 aromatic heterocycles. The highest BCUT2D eigenvalue weighted by Gasteiger charge is 2.08. The molecule has 0 saturated carbocycles. The maximum atomic E-state index is 12.1. The van der Waals surface area contributed by atoms with Gasteiger partial charge in [-0.2, -0.15) is 0 Å². The van der Waals surface area contributed by atoms with Gasteiger partial charge in [-0.25, -0.2) is 4.79 Å². The maximum absolute atomic E-state index is 12.1. The molecule has 0 saturated heterocycles. The van der Waals surface area contributed by atoms with Gasteiger partial charge >= 0.3 is 5.97 Å². The molecule has 0 N–H and O–H groups in total. The summed E-state index contributed by atoms with van der Waals surface area (Å²) in [6.45, 7) is 0. The number of nitrogens with zero attached hydrogens (tertiary/aromatic N) is 1. The predicted molar refractivity (Wildman–Crippen MR) is 112 cm³/mol. The van der Waals surface area contributed by atoms with Crippen LogP contribution in [0.5, 0.6) is 11.5 Å². The van der Waals surface area contributed by atoms with Gasteiger partial charge in [-0.1, -0.05) is 41.9 Å². The summed E-state index contributed by atoms with van der Waals surface area (Å²) in [5.41, 5.74) is 2.60. The molecule has 3 rings (SSSR count). The summed E-state index contributed by atoms with van der Waals surface area (Å²) in [5.74, 6) is 0.324. The van der Waals surface area contributed by atoms with Crippen molar-refractivity contribution in [3.8, 4) is 11.5 Å². The normalized spacial score (nSPS) is 11.1. The van der Waals surface area contributed by atoms with Crippen molar-refractivity contribution in [3.63, 3.8) is 0 Å². The van der Waals surface area contributed by atoms with Gasteiger partial charge in [-0.15, -0.1) is 0 Å². The Bertz CT molecular complexity index is 996. The van der Waals surface area contributed by atoms with Crippen molar-refractivity contribution >= 4 is 35.8 Å². The summed E-state index contributed by atoms with van der Waals surface area (Å²) in [7, 11) is 1.53. The number of carbonyl (C=O) groups excluding carboxylic acids is 1. The summed E-state index contributed by atoms with van der Waals surface area (Å²) in [5, 5.41) is 0.640. The number of carbonyl (C=O) groups is 1. The van der Waals surface area contributed by atoms with Crippen LogP contribution in [0.3, 0.4) is 0 Å². The molecule has 4 nitrogen and oxygen atoms in total. The molecule has 28 heavy (non-hydrogen) atoms. The Morgan fingerprint density at radius 2 is 1.71 bits per heavy atom. The molecular formula is C23H18ClNO3. The smallest absolute Gasteiger partial charge is 0.336 e. The van der Waals surface area contributed by atoms with Gasteiger partial charge in [-0.3, -0.25) is 4.98 Å². The summed E-state index contributed by atoms with van der Waals surface area (Å²) in [4.78, 5) is 16.3. The Morgan fingerprint density at radius 1 is 0.929 bits per heavy atom. The molecule has 2 aromatic carbocycles. The van der Waals surface area contributed by atoms with Crippen molar-refractivity contribution in [1.82, 2.24) is 4.98 Å². The minimum atomic E-state index is -0.495. The van der Waals surface area contributed by atoms with Crippen LogP contribution in [0.1, 0.15) is 16.8 Å². The van der Waals surface area contributed by atoms with E-state index in [-0.39, 0.29) is 0 Å². The molecule has 0 fully saturated rings. The van der Waals surface area contributed by atoms with Crippen LogP contribution in [-0.4, -0.2) is 18.1 Å². The second kappa shape index (κ2) is 9.53. The zero-order chi connectivity index (χ0) is 19.8. The van der Waals surface area contributed by atoms with E-state index >= 15 is 0 Å². The van der Waals surface area contributed by atoms with E-state index < -0.39 is 5.97 Å². The first-order valence-corrected chi connectivity index (χ1v) is 8.94. The van der Waals surface area contributed by atoms with Crippen LogP contribution in [-0.2, 0) is 4.79 Å². The highest BCUT2D eigenvalue weighted by Crippen LogP contribution is 2.29. The van der Waals surface area contributed by atoms with E-state index in [1.807, 2.05) is 48.6 Å². The molecule has 0 aliphatic heterocycles. The minimum Gasteiger partial charge on any atom is -0.493 e. The lowest BCUT2D eigenvalue weighted by molar-refractivity contribution is -0.129. The van der Waals surface area contributed by atoms with Gasteiger partial charge in [0.05, 0.1) is 12.8 Å². The molecule has 0 aliphatic rings. The van der Waals surface area contributed by atoms with E-state index in [0.717, 1.165) is 16.8 Å². The summed E-state index contributed by atoms with van der Waals surface area (Å²) < 4.78 is 10.7. The van der Waals surface area contributed by atoms with Crippen molar-refractivity contribution in [2.45, 2.75) is 0 Å². The van der Waals surface area contributed by atoms with Gasteiger partial charge < -0.3 is 9.47 Å². The summed E-state index contributed by atoms with van der Waals surface area (Å²) in [6.07, 6.45) is 8.57. The van der Waals surface area contributed by atoms with Crippen LogP contribution < -0.4 is 9.47 Å². The zero-order valence-corrected chi connectivity index (χ0v) is 16.0. The van der Waals surface area contributed by atoms with Gasteiger partial charge in [0.2, 0.25) is 0 Å². The van der Waals surface area contributed by atoms with Gasteiger partial charge in [0.15, 0.2) is 11.5 Å². The summed E-state index contributed by atoms with van der Waals surface area (Å²) in [6, 6.07) is 18.2. The van der Waals surface area contributed by atoms with E-state index in [9.17, 15) is 4.79 Å². The lowest BCUT2D eigenvalue weighted by Crippen LogP contribution is -2.05. The van der Waals surface area contributed by atoms with E-state index in [0.29, 0.717) is 16.5 Å². The first kappa shape index (κ1) is 19.4. The van der Waals surface area contributed by atoms with E-state index in [1.54, 1.807) is 36.5 Å². The van der Waals surface area contributed by atoms with Crippen LogP contribution in [0.2, 0.25) is 5.02 Å². The minimum absolute atomic E-state index is 0.350. The van der Waals surface area contributed by atoms with E-state index in [2.05, 4.69) is 4.98 Å². The largest absolute Gasteiger partial charge is 0.493 e. The fourth-order valence-electron chi connectivity index (χ4n) is 2.41. The lowest BCUT2D eigenvalue weighted by atomic mass is 10.1. The third kappa shape index (κ3) is 5.56. The van der Waals surface area contributed by atoms with Crippen molar-refractivity contribution in [2.24, 2.45) is 0 Å². The number of hydrogen-bond donors (Lipinski definition) is 0. The molecule has 0 atom stereocenters. The zero-order valence-electron chi connectivity index (χ0n) is 15.2. The predicted octanol–water partition coefficient (Wildman–Crippen LogP) is 5.53. The summed E-state index contributed by atoms with van der Waals surface area (Å²) >= 11 is 5.85. The Balaban J connectivity index is 1.69. The number of methoxy groups -OCH3 is 1. The average Bonchev–Trinajstić information content (AvgIpc) is 2.73. The van der Waals surface area contributed by atoms with E-state index in [4.69, 9.17) is 21.1 Å². The van der Waals surface area contributed by atoms with Crippen LogP contribution in [0.15, 0.2) is 72.9 Å². The first-order chi connectivity index (χ1) is 13.6. The van der Waals surface area contributed by atoms with Gasteiger partial charge in [0.1, 0.15) is 0 Å². The Labute approximate surface area is 168 Å². The highest BCUT2D eigenvalue weighted by molar-refractivity contribution is 6.30. The highest BCUT2D eigenvalue weighted by atomic mass is 35.5. The van der Waals surface area contributed by atoms with E-state index in [1.165, 1.54) is 13.2 Å². The Kier molecular flexibility index (Phi) is 6.60. The molecule has 0 aliphatic carbocycles. The van der Waals surface area contributed by atoms with Crippen LogP contribution in [0, 0.1) is 0 Å². The third-order valence-corrected chi connectivity index (χ3v) is 4.07. The molecule has 0 spiro atoms. The monoisotopic (exact) mass is 391 g/mol. The fraction of sp³-hybridized carbons (Fsp3) is 0.0435. The van der Waals surface area contributed by atoms with Gasteiger partial charge in [0, 0.05) is 17.3 Å². The van der Waals surface area contributed by atoms with Crippen LogP contribution in [0.4, 0.5) is 0 Å². The second-order valence-electron chi connectivity index (χ2n) is 5.80. The van der Waals surface area contributed by atoms with Crippen molar-refractivity contribution < 1.29 is 14.3 Å². The molecule has 3 aromatic rings. The SMILES string of the molecule is COc1cc(/C=C/c2ccccn2)ccc1OC(=O)/C=C/c1ccc(Cl)cc1. The topological polar surface area (TPSA) is 48.4 Å². The molecule has 0 radical (unpaired) electrons. The average molecular weight is 392 g/mol. The number of ether oxygens (including phenoxy) is 2. The number of benzene rings is 2. The molecule has 0 unspecified atom stereocenters. The second-order valence-corrected chi connectivity index (χ2v) is 6.24. The van der Waals surface area contributed by atoms with Gasteiger partial charge in [-0.05, 0) is 59.7 Å². The number of hydrogen-bond acceptors (Lipinski definition) is 4. The molecule has 5 heteroatoms. The number of esters is 1. The molecule has 1 heterocycles. The standard InChI is InChI=1S/C23H18ClNO3/c1-27-22-16-18(7-12-20-4-2-3-15-25-20)8-13-21(22)28-23(26)14-9-17-5-10-19(24)11-6-17/h2-16H,1H3/b12-7+,14-9+. The van der Waals surface area contributed by atoms with Crippen LogP contribution >= 0.6 is 11.6 Å². The number of rotatable bonds is 6. The molecule has 0 bridgehead atoms.